The summed E-state index contributed by atoms with van der Waals surface area (Å²) >= 11 is 0. The summed E-state index contributed by atoms with van der Waals surface area (Å²) in [5, 5.41) is 3.33. The van der Waals surface area contributed by atoms with Crippen molar-refractivity contribution in [1.82, 2.24) is 5.32 Å². The molecule has 0 aromatic heterocycles. The van der Waals surface area contributed by atoms with Gasteiger partial charge >= 0.3 is 0 Å². The monoisotopic (exact) mass is 210 g/mol. The van der Waals surface area contributed by atoms with Gasteiger partial charge < -0.3 is 10.1 Å². The Labute approximate surface area is 92.6 Å². The van der Waals surface area contributed by atoms with Gasteiger partial charge in [-0.1, -0.05) is 13.0 Å². The summed E-state index contributed by atoms with van der Waals surface area (Å²) in [4.78, 5) is 4.03. The van der Waals surface area contributed by atoms with Gasteiger partial charge in [-0.2, -0.15) is 0 Å². The molecule has 86 valence electrons. The van der Waals surface area contributed by atoms with E-state index in [1.807, 2.05) is 6.21 Å². The lowest BCUT2D eigenvalue weighted by molar-refractivity contribution is 0.0495. The lowest BCUT2D eigenvalue weighted by atomic mass is 10.1. The van der Waals surface area contributed by atoms with Crippen LogP contribution in [-0.2, 0) is 4.74 Å². The molecule has 0 atom stereocenters. The minimum atomic E-state index is 0.428. The van der Waals surface area contributed by atoms with E-state index in [9.17, 15) is 0 Å². The van der Waals surface area contributed by atoms with Gasteiger partial charge in [0.25, 0.3) is 0 Å². The van der Waals surface area contributed by atoms with Crippen LogP contribution in [0.5, 0.6) is 0 Å². The van der Waals surface area contributed by atoms with Crippen molar-refractivity contribution in [1.29, 1.82) is 0 Å². The van der Waals surface area contributed by atoms with Gasteiger partial charge in [0.15, 0.2) is 0 Å². The molecule has 1 saturated heterocycles. The van der Waals surface area contributed by atoms with Crippen LogP contribution < -0.4 is 5.32 Å². The SMILES string of the molecule is CC/C=C(\C=NC)COC1CCNCC1. The Morgan fingerprint density at radius 3 is 2.80 bits per heavy atom. The zero-order valence-corrected chi connectivity index (χ0v) is 9.83. The smallest absolute Gasteiger partial charge is 0.0732 e. The Bertz CT molecular complexity index is 218. The van der Waals surface area contributed by atoms with Crippen LogP contribution in [0.25, 0.3) is 0 Å². The number of allylic oxidation sites excluding steroid dienone is 1. The Morgan fingerprint density at radius 1 is 1.47 bits per heavy atom. The van der Waals surface area contributed by atoms with E-state index in [-0.39, 0.29) is 0 Å². The van der Waals surface area contributed by atoms with E-state index in [4.69, 9.17) is 4.74 Å². The second-order valence-corrected chi connectivity index (χ2v) is 3.83. The Balaban J connectivity index is 2.29. The van der Waals surface area contributed by atoms with Crippen molar-refractivity contribution in [2.24, 2.45) is 4.99 Å². The Hall–Kier alpha value is -0.670. The van der Waals surface area contributed by atoms with Crippen LogP contribution in [0.2, 0.25) is 0 Å². The van der Waals surface area contributed by atoms with Crippen LogP contribution in [0.4, 0.5) is 0 Å². The van der Waals surface area contributed by atoms with Crippen molar-refractivity contribution in [3.8, 4) is 0 Å². The largest absolute Gasteiger partial charge is 0.373 e. The van der Waals surface area contributed by atoms with Crippen molar-refractivity contribution < 1.29 is 4.74 Å². The summed E-state index contributed by atoms with van der Waals surface area (Å²) in [6.45, 7) is 5.00. The van der Waals surface area contributed by atoms with Gasteiger partial charge in [-0.3, -0.25) is 4.99 Å². The van der Waals surface area contributed by atoms with E-state index < -0.39 is 0 Å². The topological polar surface area (TPSA) is 33.6 Å². The summed E-state index contributed by atoms with van der Waals surface area (Å²) in [5.74, 6) is 0. The quantitative estimate of drug-likeness (QED) is 0.702. The highest BCUT2D eigenvalue weighted by molar-refractivity contribution is 5.78. The Morgan fingerprint density at radius 2 is 2.20 bits per heavy atom. The molecule has 0 aromatic rings. The number of nitrogens with one attached hydrogen (secondary N) is 1. The molecule has 15 heavy (non-hydrogen) atoms. The molecule has 0 radical (unpaired) electrons. The Kier molecular flexibility index (Phi) is 6.28. The van der Waals surface area contributed by atoms with Crippen LogP contribution >= 0.6 is 0 Å². The summed E-state index contributed by atoms with van der Waals surface area (Å²) in [7, 11) is 1.80. The molecular weight excluding hydrogens is 188 g/mol. The van der Waals surface area contributed by atoms with E-state index in [1.165, 1.54) is 5.57 Å². The number of rotatable bonds is 5. The van der Waals surface area contributed by atoms with Gasteiger partial charge in [0.2, 0.25) is 0 Å². The molecule has 1 N–H and O–H groups in total. The maximum atomic E-state index is 5.85. The third-order valence-corrected chi connectivity index (χ3v) is 2.53. The maximum Gasteiger partial charge on any atom is 0.0732 e. The van der Waals surface area contributed by atoms with Crippen molar-refractivity contribution >= 4 is 6.21 Å². The second-order valence-electron chi connectivity index (χ2n) is 3.83. The first-order chi connectivity index (χ1) is 7.36. The highest BCUT2D eigenvalue weighted by Gasteiger charge is 2.12. The second kappa shape index (κ2) is 7.60. The fraction of sp³-hybridized carbons (Fsp3) is 0.750. The molecule has 0 saturated carbocycles. The number of hydrogen-bond donors (Lipinski definition) is 1. The molecule has 0 aromatic carbocycles. The van der Waals surface area contributed by atoms with Crippen molar-refractivity contribution in [2.45, 2.75) is 32.3 Å². The first kappa shape index (κ1) is 12.4. The minimum Gasteiger partial charge on any atom is -0.373 e. The van der Waals surface area contributed by atoms with Gasteiger partial charge in [-0.25, -0.2) is 0 Å². The van der Waals surface area contributed by atoms with Crippen LogP contribution in [-0.4, -0.2) is 39.1 Å². The van der Waals surface area contributed by atoms with Crippen molar-refractivity contribution in [3.05, 3.63) is 11.6 Å². The zero-order valence-electron chi connectivity index (χ0n) is 9.83. The fourth-order valence-corrected chi connectivity index (χ4v) is 1.75. The van der Waals surface area contributed by atoms with Crippen LogP contribution in [0.1, 0.15) is 26.2 Å². The van der Waals surface area contributed by atoms with Crippen LogP contribution in [0.15, 0.2) is 16.6 Å². The third-order valence-electron chi connectivity index (χ3n) is 2.53. The molecule has 0 amide bonds. The summed E-state index contributed by atoms with van der Waals surface area (Å²) in [6.07, 6.45) is 7.79. The predicted molar refractivity (Wildman–Crippen MR) is 64.6 cm³/mol. The number of hydrogen-bond acceptors (Lipinski definition) is 3. The van der Waals surface area contributed by atoms with Gasteiger partial charge in [-0.15, -0.1) is 0 Å². The van der Waals surface area contributed by atoms with Crippen molar-refractivity contribution in [2.75, 3.05) is 26.7 Å². The molecule has 0 spiro atoms. The highest BCUT2D eigenvalue weighted by atomic mass is 16.5. The number of aliphatic imine (C=N–C) groups is 1. The van der Waals surface area contributed by atoms with Crippen LogP contribution in [0.3, 0.4) is 0 Å². The van der Waals surface area contributed by atoms with Crippen molar-refractivity contribution in [3.63, 3.8) is 0 Å². The molecule has 0 unspecified atom stereocenters. The third kappa shape index (κ3) is 5.09. The standard InChI is InChI=1S/C12H22N2O/c1-3-4-11(9-13-2)10-15-12-5-7-14-8-6-12/h4,9,12,14H,3,5-8,10H2,1-2H3/b11-4+,13-9?. The molecule has 1 heterocycles. The van der Waals surface area contributed by atoms with E-state index in [0.717, 1.165) is 32.4 Å². The fourth-order valence-electron chi connectivity index (χ4n) is 1.75. The number of ether oxygens (including phenoxy) is 1. The minimum absolute atomic E-state index is 0.428. The molecule has 3 heteroatoms. The number of nitrogens with zero attached hydrogens (tertiary/aromatic N) is 1. The van der Waals surface area contributed by atoms with Gasteiger partial charge in [0, 0.05) is 13.3 Å². The molecule has 1 aliphatic rings. The van der Waals surface area contributed by atoms with Crippen LogP contribution in [0, 0.1) is 0 Å². The normalized spacial score (nSPS) is 20.0. The van der Waals surface area contributed by atoms with Gasteiger partial charge in [0.1, 0.15) is 0 Å². The summed E-state index contributed by atoms with van der Waals surface area (Å²) in [5.41, 5.74) is 1.19. The summed E-state index contributed by atoms with van der Waals surface area (Å²) in [6, 6.07) is 0. The number of piperidine rings is 1. The predicted octanol–water partition coefficient (Wildman–Crippen LogP) is 1.79. The van der Waals surface area contributed by atoms with Gasteiger partial charge in [-0.05, 0) is 37.9 Å². The lowest BCUT2D eigenvalue weighted by Gasteiger charge is -2.23. The molecular formula is C12H22N2O. The van der Waals surface area contributed by atoms with E-state index in [0.29, 0.717) is 12.7 Å². The highest BCUT2D eigenvalue weighted by Crippen LogP contribution is 2.08. The molecule has 3 nitrogen and oxygen atoms in total. The average Bonchev–Trinajstić information content (AvgIpc) is 2.28. The molecule has 0 bridgehead atoms. The molecule has 1 aliphatic heterocycles. The first-order valence-electron chi connectivity index (χ1n) is 5.80. The first-order valence-corrected chi connectivity index (χ1v) is 5.80. The maximum absolute atomic E-state index is 5.85. The molecule has 1 rings (SSSR count). The van der Waals surface area contributed by atoms with Gasteiger partial charge in [0.05, 0.1) is 12.7 Å². The molecule has 0 aliphatic carbocycles. The summed E-state index contributed by atoms with van der Waals surface area (Å²) < 4.78 is 5.85. The van der Waals surface area contributed by atoms with E-state index in [1.54, 1.807) is 7.05 Å². The average molecular weight is 210 g/mol. The zero-order chi connectivity index (χ0) is 10.9. The lowest BCUT2D eigenvalue weighted by Crippen LogP contribution is -2.32. The molecule has 1 fully saturated rings. The van der Waals surface area contributed by atoms with E-state index >= 15 is 0 Å². The van der Waals surface area contributed by atoms with E-state index in [2.05, 4.69) is 23.3 Å².